The van der Waals surface area contributed by atoms with E-state index in [1.54, 1.807) is 23.9 Å². The Bertz CT molecular complexity index is 1680. The van der Waals surface area contributed by atoms with Crippen LogP contribution in [0.4, 0.5) is 5.82 Å². The number of aromatic nitrogens is 7. The lowest BCUT2D eigenvalue weighted by Gasteiger charge is -2.15. The number of anilines is 1. The third kappa shape index (κ3) is 4.87. The van der Waals surface area contributed by atoms with Gasteiger partial charge < -0.3 is 5.32 Å². The number of pyridine rings is 1. The lowest BCUT2D eigenvalue weighted by Crippen LogP contribution is -2.27. The van der Waals surface area contributed by atoms with Gasteiger partial charge in [-0.05, 0) is 45.2 Å². The molecule has 11 nitrogen and oxygen atoms in total. The van der Waals surface area contributed by atoms with E-state index >= 15 is 0 Å². The van der Waals surface area contributed by atoms with Crippen molar-refractivity contribution in [1.82, 2.24) is 34.5 Å². The monoisotopic (exact) mass is 534 g/mol. The molecule has 12 heteroatoms. The first-order chi connectivity index (χ1) is 18.2. The van der Waals surface area contributed by atoms with Crippen molar-refractivity contribution in [2.75, 3.05) is 11.1 Å². The van der Waals surface area contributed by atoms with Crippen molar-refractivity contribution in [3.63, 3.8) is 0 Å². The SMILES string of the molecule is CCCn1c(=O)c(NCc2ccc(S(=O)(=O)CC)cn2)nc2c(C)nc(-c3c(C)ncnc3C3CC3)nc21. The summed E-state index contributed by atoms with van der Waals surface area (Å²) in [4.78, 5) is 41.0. The van der Waals surface area contributed by atoms with E-state index in [1.165, 1.54) is 12.3 Å². The van der Waals surface area contributed by atoms with Gasteiger partial charge in [0.05, 0.1) is 45.5 Å². The van der Waals surface area contributed by atoms with E-state index in [4.69, 9.17) is 9.97 Å². The summed E-state index contributed by atoms with van der Waals surface area (Å²) in [6.07, 6.45) is 5.81. The maximum atomic E-state index is 13.5. The van der Waals surface area contributed by atoms with Crippen molar-refractivity contribution in [2.24, 2.45) is 0 Å². The van der Waals surface area contributed by atoms with Crippen molar-refractivity contribution >= 4 is 26.8 Å². The first-order valence-corrected chi connectivity index (χ1v) is 14.4. The second kappa shape index (κ2) is 10.2. The van der Waals surface area contributed by atoms with Crippen molar-refractivity contribution < 1.29 is 8.42 Å². The van der Waals surface area contributed by atoms with Gasteiger partial charge in [0.2, 0.25) is 0 Å². The molecule has 0 saturated heterocycles. The number of nitrogens with zero attached hydrogens (tertiary/aromatic N) is 7. The average Bonchev–Trinajstić information content (AvgIpc) is 3.75. The number of aryl methyl sites for hydroxylation is 3. The maximum absolute atomic E-state index is 13.5. The molecule has 1 N–H and O–H groups in total. The number of fused-ring (bicyclic) bond motifs is 1. The van der Waals surface area contributed by atoms with E-state index in [0.717, 1.165) is 36.2 Å². The van der Waals surface area contributed by atoms with Crippen LogP contribution < -0.4 is 10.9 Å². The van der Waals surface area contributed by atoms with Crippen molar-refractivity contribution in [1.29, 1.82) is 0 Å². The van der Waals surface area contributed by atoms with Crippen LogP contribution in [0, 0.1) is 13.8 Å². The minimum absolute atomic E-state index is 0.00610. The van der Waals surface area contributed by atoms with Crippen LogP contribution >= 0.6 is 0 Å². The summed E-state index contributed by atoms with van der Waals surface area (Å²) in [7, 11) is -3.33. The molecule has 0 amide bonds. The Morgan fingerprint density at radius 1 is 1.03 bits per heavy atom. The van der Waals surface area contributed by atoms with Crippen LogP contribution in [-0.2, 0) is 22.9 Å². The van der Waals surface area contributed by atoms with Crippen molar-refractivity contribution in [3.05, 3.63) is 57.8 Å². The molecule has 0 unspecified atom stereocenters. The molecule has 0 atom stereocenters. The molecule has 1 saturated carbocycles. The van der Waals surface area contributed by atoms with Gasteiger partial charge in [-0.15, -0.1) is 0 Å². The fourth-order valence-electron chi connectivity index (χ4n) is 4.39. The fraction of sp³-hybridized carbons (Fsp3) is 0.423. The minimum Gasteiger partial charge on any atom is -0.360 e. The first-order valence-electron chi connectivity index (χ1n) is 12.8. The third-order valence-electron chi connectivity index (χ3n) is 6.64. The van der Waals surface area contributed by atoms with Crippen LogP contribution in [0.3, 0.4) is 0 Å². The Labute approximate surface area is 220 Å². The number of hydrogen-bond donors (Lipinski definition) is 1. The van der Waals surface area contributed by atoms with Crippen LogP contribution in [0.1, 0.15) is 61.8 Å². The molecule has 1 aliphatic carbocycles. The first kappa shape index (κ1) is 25.8. The van der Waals surface area contributed by atoms with Gasteiger partial charge in [0.15, 0.2) is 27.1 Å². The Morgan fingerprint density at radius 3 is 2.47 bits per heavy atom. The Hall–Kier alpha value is -3.80. The summed E-state index contributed by atoms with van der Waals surface area (Å²) in [5.74, 6) is 1.06. The number of rotatable bonds is 9. The predicted octanol–water partition coefficient (Wildman–Crippen LogP) is 3.35. The fourth-order valence-corrected chi connectivity index (χ4v) is 5.21. The van der Waals surface area contributed by atoms with Gasteiger partial charge in [-0.1, -0.05) is 13.8 Å². The standard InChI is InChI=1S/C26H30N8O3S/c1-5-11-34-25-21(16(4)31-23(33-25)20-15(3)29-14-30-22(20)17-7-8-17)32-24(26(34)35)28-12-18-9-10-19(13-27-18)38(36,37)6-2/h9-10,13-14,17H,5-8,11-12H2,1-4H3,(H,28,32). The topological polar surface area (TPSA) is 146 Å². The highest BCUT2D eigenvalue weighted by Crippen LogP contribution is 2.43. The number of sulfone groups is 1. The summed E-state index contributed by atoms with van der Waals surface area (Å²) in [5.41, 5.74) is 4.54. The summed E-state index contributed by atoms with van der Waals surface area (Å²) in [6.45, 7) is 8.04. The molecule has 1 aliphatic rings. The Kier molecular flexibility index (Phi) is 6.91. The molecular weight excluding hydrogens is 504 g/mol. The smallest absolute Gasteiger partial charge is 0.294 e. The molecule has 0 bridgehead atoms. The Morgan fingerprint density at radius 2 is 1.82 bits per heavy atom. The van der Waals surface area contributed by atoms with Crippen LogP contribution in [-0.4, -0.2) is 48.6 Å². The summed E-state index contributed by atoms with van der Waals surface area (Å²) in [5, 5.41) is 3.08. The lowest BCUT2D eigenvalue weighted by molar-refractivity contribution is 0.596. The maximum Gasteiger partial charge on any atom is 0.294 e. The molecule has 4 heterocycles. The molecule has 4 aromatic heterocycles. The van der Waals surface area contributed by atoms with Gasteiger partial charge in [0.25, 0.3) is 5.56 Å². The highest BCUT2D eigenvalue weighted by molar-refractivity contribution is 7.91. The van der Waals surface area contributed by atoms with Crippen LogP contribution in [0.2, 0.25) is 0 Å². The molecule has 0 aromatic carbocycles. The Balaban J connectivity index is 1.54. The summed E-state index contributed by atoms with van der Waals surface area (Å²) >= 11 is 0. The summed E-state index contributed by atoms with van der Waals surface area (Å²) in [6, 6.07) is 3.15. The zero-order chi connectivity index (χ0) is 27.0. The van der Waals surface area contributed by atoms with Gasteiger partial charge in [0.1, 0.15) is 11.8 Å². The normalized spacial score (nSPS) is 13.7. The van der Waals surface area contributed by atoms with Gasteiger partial charge in [-0.25, -0.2) is 33.3 Å². The highest BCUT2D eigenvalue weighted by Gasteiger charge is 2.30. The number of hydrogen-bond acceptors (Lipinski definition) is 10. The van der Waals surface area contributed by atoms with Gasteiger partial charge in [-0.2, -0.15) is 0 Å². The molecule has 1 fully saturated rings. The van der Waals surface area contributed by atoms with Crippen LogP contribution in [0.25, 0.3) is 22.6 Å². The molecule has 38 heavy (non-hydrogen) atoms. The largest absolute Gasteiger partial charge is 0.360 e. The van der Waals surface area contributed by atoms with Crippen molar-refractivity contribution in [2.45, 2.75) is 70.9 Å². The van der Waals surface area contributed by atoms with Crippen LogP contribution in [0.5, 0.6) is 0 Å². The van der Waals surface area contributed by atoms with Gasteiger partial charge in [-0.3, -0.25) is 14.3 Å². The van der Waals surface area contributed by atoms with Crippen molar-refractivity contribution in [3.8, 4) is 11.4 Å². The molecule has 0 spiro atoms. The molecule has 0 aliphatic heterocycles. The molecule has 198 valence electrons. The molecular formula is C26H30N8O3S. The average molecular weight is 535 g/mol. The quantitative estimate of drug-likeness (QED) is 0.339. The third-order valence-corrected chi connectivity index (χ3v) is 8.36. The van der Waals surface area contributed by atoms with E-state index in [9.17, 15) is 13.2 Å². The van der Waals surface area contributed by atoms with Gasteiger partial charge in [0, 0.05) is 18.7 Å². The molecule has 0 radical (unpaired) electrons. The minimum atomic E-state index is -3.33. The summed E-state index contributed by atoms with van der Waals surface area (Å²) < 4.78 is 25.7. The van der Waals surface area contributed by atoms with E-state index in [0.29, 0.717) is 40.8 Å². The lowest BCUT2D eigenvalue weighted by atomic mass is 10.1. The predicted molar refractivity (Wildman–Crippen MR) is 144 cm³/mol. The van der Waals surface area contributed by atoms with Crippen LogP contribution in [0.15, 0.2) is 34.3 Å². The molecule has 5 rings (SSSR count). The molecule has 4 aromatic rings. The van der Waals surface area contributed by atoms with E-state index < -0.39 is 9.84 Å². The van der Waals surface area contributed by atoms with E-state index in [2.05, 4.69) is 25.3 Å². The van der Waals surface area contributed by atoms with Gasteiger partial charge >= 0.3 is 0 Å². The second-order valence-corrected chi connectivity index (χ2v) is 11.7. The van der Waals surface area contributed by atoms with E-state index in [-0.39, 0.29) is 28.6 Å². The zero-order valence-corrected chi connectivity index (χ0v) is 22.7. The highest BCUT2D eigenvalue weighted by atomic mass is 32.2. The number of nitrogens with one attached hydrogen (secondary N) is 1. The van der Waals surface area contributed by atoms with E-state index in [1.807, 2.05) is 20.8 Å². The second-order valence-electron chi connectivity index (χ2n) is 9.46. The zero-order valence-electron chi connectivity index (χ0n) is 21.9.